The fraction of sp³-hybridized carbons (Fsp3) is 0.0625. The van der Waals surface area contributed by atoms with Crippen molar-refractivity contribution in [2.24, 2.45) is 0 Å². The minimum atomic E-state index is -1.02. The van der Waals surface area contributed by atoms with E-state index in [1.54, 1.807) is 19.2 Å². The summed E-state index contributed by atoms with van der Waals surface area (Å²) in [5, 5.41) is 8.91. The highest BCUT2D eigenvalue weighted by Gasteiger charge is 2.06. The molecule has 0 aliphatic carbocycles. The Labute approximate surface area is 117 Å². The Hall–Kier alpha value is -2.75. The minimum absolute atomic E-state index is 0.114. The van der Waals surface area contributed by atoms with Crippen LogP contribution in [0.1, 0.15) is 21.5 Å². The van der Waals surface area contributed by atoms with Crippen molar-refractivity contribution >= 4 is 23.8 Å². The van der Waals surface area contributed by atoms with Gasteiger partial charge in [0.1, 0.15) is 5.75 Å². The molecule has 0 aliphatic rings. The van der Waals surface area contributed by atoms with Crippen LogP contribution in [0.25, 0.3) is 12.2 Å². The number of anilines is 1. The van der Waals surface area contributed by atoms with Gasteiger partial charge >= 0.3 is 5.97 Å². The Bertz CT molecular complexity index is 663. The van der Waals surface area contributed by atoms with E-state index in [-0.39, 0.29) is 11.3 Å². The molecule has 2 aromatic rings. The van der Waals surface area contributed by atoms with Gasteiger partial charge in [-0.1, -0.05) is 30.4 Å². The first-order valence-electron chi connectivity index (χ1n) is 6.05. The zero-order valence-corrected chi connectivity index (χ0v) is 11.0. The van der Waals surface area contributed by atoms with Gasteiger partial charge in [-0.05, 0) is 35.4 Å². The van der Waals surface area contributed by atoms with Crippen LogP contribution in [0.4, 0.5) is 5.69 Å². The van der Waals surface area contributed by atoms with Crippen molar-refractivity contribution in [2.75, 3.05) is 12.8 Å². The highest BCUT2D eigenvalue weighted by Crippen LogP contribution is 2.18. The fourth-order valence-corrected chi connectivity index (χ4v) is 1.82. The van der Waals surface area contributed by atoms with Crippen molar-refractivity contribution < 1.29 is 14.6 Å². The van der Waals surface area contributed by atoms with Crippen LogP contribution in [0.15, 0.2) is 42.5 Å². The Morgan fingerprint density at radius 3 is 2.45 bits per heavy atom. The summed E-state index contributed by atoms with van der Waals surface area (Å²) in [6.07, 6.45) is 3.79. The molecule has 2 aromatic carbocycles. The van der Waals surface area contributed by atoms with Crippen LogP contribution in [-0.4, -0.2) is 18.2 Å². The third-order valence-corrected chi connectivity index (χ3v) is 2.87. The Kier molecular flexibility index (Phi) is 4.05. The van der Waals surface area contributed by atoms with E-state index < -0.39 is 5.97 Å². The quantitative estimate of drug-likeness (QED) is 0.660. The number of ether oxygens (including phenoxy) is 1. The second kappa shape index (κ2) is 5.93. The Balaban J connectivity index is 2.23. The average molecular weight is 269 g/mol. The zero-order chi connectivity index (χ0) is 14.5. The van der Waals surface area contributed by atoms with Gasteiger partial charge in [0.25, 0.3) is 0 Å². The number of carboxylic acids is 1. The van der Waals surface area contributed by atoms with Gasteiger partial charge in [-0.3, -0.25) is 0 Å². The smallest absolute Gasteiger partial charge is 0.337 e. The number of carboxylic acid groups (broad SMARTS) is 1. The molecule has 2 rings (SSSR count). The van der Waals surface area contributed by atoms with Gasteiger partial charge in [-0.15, -0.1) is 0 Å². The molecule has 0 aliphatic heterocycles. The summed E-state index contributed by atoms with van der Waals surface area (Å²) < 4.78 is 5.15. The van der Waals surface area contributed by atoms with E-state index in [9.17, 15) is 4.79 Å². The molecule has 0 unspecified atom stereocenters. The lowest BCUT2D eigenvalue weighted by molar-refractivity contribution is 0.0698. The van der Waals surface area contributed by atoms with Crippen molar-refractivity contribution in [3.63, 3.8) is 0 Å². The van der Waals surface area contributed by atoms with Gasteiger partial charge in [-0.25, -0.2) is 4.79 Å². The van der Waals surface area contributed by atoms with Crippen molar-refractivity contribution in [3.8, 4) is 5.75 Å². The third-order valence-electron chi connectivity index (χ3n) is 2.87. The van der Waals surface area contributed by atoms with Crippen LogP contribution in [-0.2, 0) is 0 Å². The number of nitrogens with two attached hydrogens (primary N) is 1. The number of rotatable bonds is 4. The molecule has 4 nitrogen and oxygen atoms in total. The number of aromatic carboxylic acids is 1. The van der Waals surface area contributed by atoms with E-state index in [1.165, 1.54) is 6.07 Å². The van der Waals surface area contributed by atoms with Gasteiger partial charge in [0, 0.05) is 5.69 Å². The predicted molar refractivity (Wildman–Crippen MR) is 79.7 cm³/mol. The molecular weight excluding hydrogens is 254 g/mol. The monoisotopic (exact) mass is 269 g/mol. The van der Waals surface area contributed by atoms with Crippen LogP contribution in [0.2, 0.25) is 0 Å². The number of methoxy groups -OCH3 is 1. The largest absolute Gasteiger partial charge is 0.497 e. The van der Waals surface area contributed by atoms with Crippen LogP contribution in [0, 0.1) is 0 Å². The van der Waals surface area contributed by atoms with E-state index in [4.69, 9.17) is 15.6 Å². The molecular formula is C16H15NO3. The van der Waals surface area contributed by atoms with Crippen molar-refractivity contribution in [3.05, 3.63) is 59.2 Å². The van der Waals surface area contributed by atoms with E-state index in [1.807, 2.05) is 36.4 Å². The lowest BCUT2D eigenvalue weighted by atomic mass is 10.1. The van der Waals surface area contributed by atoms with Crippen LogP contribution >= 0.6 is 0 Å². The number of hydrogen-bond donors (Lipinski definition) is 2. The van der Waals surface area contributed by atoms with E-state index in [0.717, 1.165) is 16.9 Å². The number of hydrogen-bond acceptors (Lipinski definition) is 3. The summed E-state index contributed by atoms with van der Waals surface area (Å²) in [7, 11) is 1.62. The van der Waals surface area contributed by atoms with Gasteiger partial charge < -0.3 is 15.6 Å². The molecule has 20 heavy (non-hydrogen) atoms. The van der Waals surface area contributed by atoms with Gasteiger partial charge in [0.15, 0.2) is 0 Å². The van der Waals surface area contributed by atoms with Crippen LogP contribution in [0.3, 0.4) is 0 Å². The normalized spacial score (nSPS) is 10.7. The number of carbonyl (C=O) groups is 1. The first kappa shape index (κ1) is 13.7. The molecule has 0 saturated heterocycles. The number of nitrogen functional groups attached to an aromatic ring is 1. The first-order valence-corrected chi connectivity index (χ1v) is 6.05. The maximum absolute atomic E-state index is 10.9. The van der Waals surface area contributed by atoms with Crippen LogP contribution in [0.5, 0.6) is 5.75 Å². The summed E-state index contributed by atoms with van der Waals surface area (Å²) in [6, 6.07) is 12.5. The van der Waals surface area contributed by atoms with Gasteiger partial charge in [0.05, 0.1) is 12.7 Å². The molecule has 0 bridgehead atoms. The maximum atomic E-state index is 10.9. The highest BCUT2D eigenvalue weighted by molar-refractivity contribution is 5.94. The average Bonchev–Trinajstić information content (AvgIpc) is 2.45. The highest BCUT2D eigenvalue weighted by atomic mass is 16.5. The van der Waals surface area contributed by atoms with Crippen LogP contribution < -0.4 is 10.5 Å². The van der Waals surface area contributed by atoms with E-state index in [2.05, 4.69) is 0 Å². The molecule has 4 heteroatoms. The second-order valence-electron chi connectivity index (χ2n) is 4.26. The molecule has 0 saturated carbocycles. The molecule has 102 valence electrons. The summed E-state index contributed by atoms with van der Waals surface area (Å²) in [5.74, 6) is -0.237. The lowest BCUT2D eigenvalue weighted by Gasteiger charge is -2.02. The summed E-state index contributed by atoms with van der Waals surface area (Å²) in [6.45, 7) is 0. The van der Waals surface area contributed by atoms with Gasteiger partial charge in [-0.2, -0.15) is 0 Å². The predicted octanol–water partition coefficient (Wildman–Crippen LogP) is 3.15. The molecule has 3 N–H and O–H groups in total. The molecule has 0 aromatic heterocycles. The molecule has 0 atom stereocenters. The zero-order valence-electron chi connectivity index (χ0n) is 11.0. The summed E-state index contributed by atoms with van der Waals surface area (Å²) >= 11 is 0. The summed E-state index contributed by atoms with van der Waals surface area (Å²) in [4.78, 5) is 10.9. The fourth-order valence-electron chi connectivity index (χ4n) is 1.82. The second-order valence-corrected chi connectivity index (χ2v) is 4.26. The SMILES string of the molecule is COc1cccc(/C=C/c2ccc(C(=O)O)c(N)c2)c1. The summed E-state index contributed by atoms with van der Waals surface area (Å²) in [5.41, 5.74) is 7.91. The van der Waals surface area contributed by atoms with Crippen molar-refractivity contribution in [1.29, 1.82) is 0 Å². The van der Waals surface area contributed by atoms with Crippen molar-refractivity contribution in [1.82, 2.24) is 0 Å². The molecule has 0 radical (unpaired) electrons. The van der Waals surface area contributed by atoms with E-state index in [0.29, 0.717) is 0 Å². The maximum Gasteiger partial charge on any atom is 0.337 e. The third kappa shape index (κ3) is 3.17. The Morgan fingerprint density at radius 1 is 1.15 bits per heavy atom. The topological polar surface area (TPSA) is 72.5 Å². The van der Waals surface area contributed by atoms with Gasteiger partial charge in [0.2, 0.25) is 0 Å². The minimum Gasteiger partial charge on any atom is -0.497 e. The standard InChI is InChI=1S/C16H15NO3/c1-20-13-4-2-3-11(9-13)5-6-12-7-8-14(16(18)19)15(17)10-12/h2-10H,17H2,1H3,(H,18,19)/b6-5+. The van der Waals surface area contributed by atoms with E-state index >= 15 is 0 Å². The number of benzene rings is 2. The Morgan fingerprint density at radius 2 is 1.85 bits per heavy atom. The van der Waals surface area contributed by atoms with Crippen molar-refractivity contribution in [2.45, 2.75) is 0 Å². The molecule has 0 amide bonds. The molecule has 0 spiro atoms. The lowest BCUT2D eigenvalue weighted by Crippen LogP contribution is -2.01. The first-order chi connectivity index (χ1) is 9.60. The molecule has 0 heterocycles. The molecule has 0 fully saturated rings.